The van der Waals surface area contributed by atoms with E-state index in [-0.39, 0.29) is 0 Å². The first-order chi connectivity index (χ1) is 10.3. The van der Waals surface area contributed by atoms with Crippen LogP contribution in [0.3, 0.4) is 0 Å². The summed E-state index contributed by atoms with van der Waals surface area (Å²) in [5.41, 5.74) is 2.71. The Bertz CT molecular complexity index is 524. The van der Waals surface area contributed by atoms with Crippen LogP contribution in [0.2, 0.25) is 0 Å². The molecule has 2 aromatic carbocycles. The lowest BCUT2D eigenvalue weighted by Crippen LogP contribution is -2.23. The van der Waals surface area contributed by atoms with Crippen LogP contribution in [0.15, 0.2) is 54.6 Å². The molecule has 0 amide bonds. The van der Waals surface area contributed by atoms with Crippen molar-refractivity contribution in [3.05, 3.63) is 65.7 Å². The highest BCUT2D eigenvalue weighted by molar-refractivity contribution is 5.31. The van der Waals surface area contributed by atoms with Gasteiger partial charge in [-0.25, -0.2) is 0 Å². The van der Waals surface area contributed by atoms with E-state index in [1.54, 1.807) is 7.11 Å². The van der Waals surface area contributed by atoms with Gasteiger partial charge in [0, 0.05) is 12.5 Å². The van der Waals surface area contributed by atoms with E-state index in [0.717, 1.165) is 25.3 Å². The van der Waals surface area contributed by atoms with Crippen molar-refractivity contribution in [2.75, 3.05) is 20.2 Å². The lowest BCUT2D eigenvalue weighted by atomic mass is 9.92. The third-order valence-electron chi connectivity index (χ3n) is 3.70. The van der Waals surface area contributed by atoms with Crippen LogP contribution in [0.4, 0.5) is 0 Å². The van der Waals surface area contributed by atoms with Crippen LogP contribution in [0, 0.1) is 0 Å². The van der Waals surface area contributed by atoms with E-state index >= 15 is 0 Å². The topological polar surface area (TPSA) is 21.3 Å². The molecule has 0 saturated heterocycles. The minimum atomic E-state index is 0.491. The van der Waals surface area contributed by atoms with Crippen LogP contribution in [-0.2, 0) is 6.42 Å². The molecule has 0 radical (unpaired) electrons. The fourth-order valence-electron chi connectivity index (χ4n) is 2.57. The maximum absolute atomic E-state index is 5.33. The molecule has 2 nitrogen and oxygen atoms in total. The molecule has 21 heavy (non-hydrogen) atoms. The van der Waals surface area contributed by atoms with Crippen LogP contribution in [0.5, 0.6) is 5.75 Å². The maximum Gasteiger partial charge on any atom is 0.119 e. The number of ether oxygens (including phenoxy) is 1. The highest BCUT2D eigenvalue weighted by Gasteiger charge is 2.12. The lowest BCUT2D eigenvalue weighted by Gasteiger charge is -2.18. The van der Waals surface area contributed by atoms with Gasteiger partial charge in [-0.2, -0.15) is 0 Å². The molecule has 2 rings (SSSR count). The minimum absolute atomic E-state index is 0.491. The summed E-state index contributed by atoms with van der Waals surface area (Å²) in [5, 5.41) is 3.55. The van der Waals surface area contributed by atoms with Crippen molar-refractivity contribution in [2.24, 2.45) is 0 Å². The van der Waals surface area contributed by atoms with E-state index < -0.39 is 0 Å². The van der Waals surface area contributed by atoms with Gasteiger partial charge in [-0.3, -0.25) is 0 Å². The van der Waals surface area contributed by atoms with Gasteiger partial charge in [0.05, 0.1) is 7.11 Å². The van der Waals surface area contributed by atoms with Crippen LogP contribution >= 0.6 is 0 Å². The molecule has 0 fully saturated rings. The van der Waals surface area contributed by atoms with Crippen molar-refractivity contribution in [2.45, 2.75) is 25.7 Å². The molecule has 0 aliphatic rings. The summed E-state index contributed by atoms with van der Waals surface area (Å²) in [6.07, 6.45) is 2.19. The second-order valence-electron chi connectivity index (χ2n) is 5.37. The molecule has 1 unspecified atom stereocenters. The van der Waals surface area contributed by atoms with Crippen LogP contribution in [-0.4, -0.2) is 20.2 Å². The highest BCUT2D eigenvalue weighted by atomic mass is 16.5. The molecular weight excluding hydrogens is 258 g/mol. The van der Waals surface area contributed by atoms with Gasteiger partial charge in [-0.15, -0.1) is 0 Å². The summed E-state index contributed by atoms with van der Waals surface area (Å²) in [7, 11) is 1.72. The molecule has 0 bridgehead atoms. The summed E-state index contributed by atoms with van der Waals surface area (Å²) in [6, 6.07) is 19.1. The van der Waals surface area contributed by atoms with Gasteiger partial charge in [0.15, 0.2) is 0 Å². The summed E-state index contributed by atoms with van der Waals surface area (Å²) >= 11 is 0. The lowest BCUT2D eigenvalue weighted by molar-refractivity contribution is 0.414. The Balaban J connectivity index is 2.11. The van der Waals surface area contributed by atoms with Crippen molar-refractivity contribution < 1.29 is 4.74 Å². The molecular formula is C19H25NO. The Labute approximate surface area is 128 Å². The van der Waals surface area contributed by atoms with Gasteiger partial charge in [-0.1, -0.05) is 49.4 Å². The largest absolute Gasteiger partial charge is 0.497 e. The molecule has 0 aliphatic carbocycles. The molecule has 1 atom stereocenters. The monoisotopic (exact) mass is 283 g/mol. The van der Waals surface area contributed by atoms with Gasteiger partial charge in [0.1, 0.15) is 5.75 Å². The first-order valence-electron chi connectivity index (χ1n) is 7.72. The maximum atomic E-state index is 5.33. The SMILES string of the molecule is CCCNCC(Cc1cccc(OC)c1)c1ccccc1. The van der Waals surface area contributed by atoms with E-state index in [0.29, 0.717) is 5.92 Å². The number of benzene rings is 2. The fraction of sp³-hybridized carbons (Fsp3) is 0.368. The second kappa shape index (κ2) is 8.48. The fourth-order valence-corrected chi connectivity index (χ4v) is 2.57. The Morgan fingerprint density at radius 3 is 2.57 bits per heavy atom. The van der Waals surface area contributed by atoms with Crippen molar-refractivity contribution in [1.82, 2.24) is 5.32 Å². The average molecular weight is 283 g/mol. The van der Waals surface area contributed by atoms with Gasteiger partial charge in [0.2, 0.25) is 0 Å². The molecule has 0 saturated carbocycles. The standard InChI is InChI=1S/C19H25NO/c1-3-12-20-15-18(17-9-5-4-6-10-17)13-16-8-7-11-19(14-16)21-2/h4-11,14,18,20H,3,12-13,15H2,1-2H3. The quantitative estimate of drug-likeness (QED) is 0.739. The van der Waals surface area contributed by atoms with E-state index in [1.165, 1.54) is 17.5 Å². The Morgan fingerprint density at radius 1 is 1.05 bits per heavy atom. The number of rotatable bonds is 8. The summed E-state index contributed by atoms with van der Waals surface area (Å²) in [6.45, 7) is 4.28. The van der Waals surface area contributed by atoms with E-state index in [4.69, 9.17) is 4.74 Å². The zero-order valence-electron chi connectivity index (χ0n) is 13.0. The third-order valence-corrected chi connectivity index (χ3v) is 3.70. The number of hydrogen-bond acceptors (Lipinski definition) is 2. The van der Waals surface area contributed by atoms with Crippen molar-refractivity contribution in [3.8, 4) is 5.75 Å². The van der Waals surface area contributed by atoms with Crippen molar-refractivity contribution in [1.29, 1.82) is 0 Å². The molecule has 2 heteroatoms. The molecule has 2 aromatic rings. The molecule has 1 N–H and O–H groups in total. The van der Waals surface area contributed by atoms with Gasteiger partial charge >= 0.3 is 0 Å². The summed E-state index contributed by atoms with van der Waals surface area (Å²) in [4.78, 5) is 0. The van der Waals surface area contributed by atoms with Crippen LogP contribution in [0.1, 0.15) is 30.4 Å². The van der Waals surface area contributed by atoms with Crippen LogP contribution < -0.4 is 10.1 Å². The van der Waals surface area contributed by atoms with E-state index in [1.807, 2.05) is 6.07 Å². The smallest absolute Gasteiger partial charge is 0.119 e. The molecule has 0 aliphatic heterocycles. The molecule has 112 valence electrons. The minimum Gasteiger partial charge on any atom is -0.497 e. The first-order valence-corrected chi connectivity index (χ1v) is 7.72. The Hall–Kier alpha value is -1.80. The van der Waals surface area contributed by atoms with Gasteiger partial charge < -0.3 is 10.1 Å². The van der Waals surface area contributed by atoms with E-state index in [2.05, 4.69) is 60.8 Å². The van der Waals surface area contributed by atoms with E-state index in [9.17, 15) is 0 Å². The number of methoxy groups -OCH3 is 1. The first kappa shape index (κ1) is 15.6. The van der Waals surface area contributed by atoms with Gasteiger partial charge in [-0.05, 0) is 42.6 Å². The zero-order valence-corrected chi connectivity index (χ0v) is 13.0. The summed E-state index contributed by atoms with van der Waals surface area (Å²) in [5.74, 6) is 1.42. The number of hydrogen-bond donors (Lipinski definition) is 1. The third kappa shape index (κ3) is 4.91. The molecule has 0 heterocycles. The zero-order chi connectivity index (χ0) is 14.9. The predicted octanol–water partition coefficient (Wildman–Crippen LogP) is 4.02. The van der Waals surface area contributed by atoms with Crippen LogP contribution in [0.25, 0.3) is 0 Å². The Kier molecular flexibility index (Phi) is 6.29. The normalized spacial score (nSPS) is 12.1. The highest BCUT2D eigenvalue weighted by Crippen LogP contribution is 2.22. The number of nitrogens with one attached hydrogen (secondary N) is 1. The Morgan fingerprint density at radius 2 is 1.86 bits per heavy atom. The predicted molar refractivity (Wildman–Crippen MR) is 89.0 cm³/mol. The second-order valence-corrected chi connectivity index (χ2v) is 5.37. The van der Waals surface area contributed by atoms with Gasteiger partial charge in [0.25, 0.3) is 0 Å². The molecule has 0 aromatic heterocycles. The van der Waals surface area contributed by atoms with Crippen molar-refractivity contribution >= 4 is 0 Å². The van der Waals surface area contributed by atoms with Crippen molar-refractivity contribution in [3.63, 3.8) is 0 Å². The molecule has 0 spiro atoms. The average Bonchev–Trinajstić information content (AvgIpc) is 2.55. The summed E-state index contributed by atoms with van der Waals surface area (Å²) < 4.78 is 5.33.